The Balaban J connectivity index is 2.00. The van der Waals surface area contributed by atoms with Crippen molar-refractivity contribution in [3.8, 4) is 0 Å². The van der Waals surface area contributed by atoms with Gasteiger partial charge in [-0.05, 0) is 23.6 Å². The van der Waals surface area contributed by atoms with Crippen molar-refractivity contribution in [1.29, 1.82) is 0 Å². The molecule has 0 fully saturated rings. The van der Waals surface area contributed by atoms with Gasteiger partial charge in [-0.1, -0.05) is 37.6 Å². The topological polar surface area (TPSA) is 59.8 Å². The van der Waals surface area contributed by atoms with Gasteiger partial charge in [-0.2, -0.15) is 0 Å². The first-order valence-electron chi connectivity index (χ1n) is 7.35. The highest BCUT2D eigenvalue weighted by Crippen LogP contribution is 2.26. The third-order valence-electron chi connectivity index (χ3n) is 3.61. The molecular formula is C16H21ClN4O. The van der Waals surface area contributed by atoms with E-state index in [9.17, 15) is 4.79 Å². The summed E-state index contributed by atoms with van der Waals surface area (Å²) in [5.74, 6) is 0.843. The smallest absolute Gasteiger partial charge is 0.227 e. The molecule has 6 heteroatoms. The minimum atomic E-state index is -0.210. The number of amides is 1. The highest BCUT2D eigenvalue weighted by Gasteiger charge is 2.24. The standard InChI is InChI=1S/C16H21ClN4O/c1-11(2)15(12-5-4-6-13(17)9-12)16(22)18-8-7-14-20-19-10-21(14)3/h4-6,9-11,15H,7-8H2,1-3H3,(H,18,22)/t15-/m1/s1. The van der Waals surface area contributed by atoms with Crippen molar-refractivity contribution in [1.82, 2.24) is 20.1 Å². The molecule has 0 aliphatic carbocycles. The first kappa shape index (κ1) is 16.5. The van der Waals surface area contributed by atoms with Gasteiger partial charge in [0.1, 0.15) is 12.2 Å². The van der Waals surface area contributed by atoms with Crippen molar-refractivity contribution in [3.63, 3.8) is 0 Å². The van der Waals surface area contributed by atoms with E-state index in [1.54, 1.807) is 6.33 Å². The molecule has 2 aromatic rings. The molecule has 1 N–H and O–H groups in total. The summed E-state index contributed by atoms with van der Waals surface area (Å²) in [7, 11) is 1.89. The number of halogens is 1. The van der Waals surface area contributed by atoms with Gasteiger partial charge in [0.25, 0.3) is 0 Å². The van der Waals surface area contributed by atoms with Gasteiger partial charge in [0.05, 0.1) is 5.92 Å². The van der Waals surface area contributed by atoms with E-state index >= 15 is 0 Å². The van der Waals surface area contributed by atoms with Crippen LogP contribution in [0.25, 0.3) is 0 Å². The fraction of sp³-hybridized carbons (Fsp3) is 0.438. The van der Waals surface area contributed by atoms with E-state index in [0.717, 1.165) is 11.4 Å². The van der Waals surface area contributed by atoms with E-state index in [1.807, 2.05) is 49.7 Å². The molecule has 0 aliphatic heterocycles. The average molecular weight is 321 g/mol. The first-order chi connectivity index (χ1) is 10.5. The minimum Gasteiger partial charge on any atom is -0.355 e. The highest BCUT2D eigenvalue weighted by molar-refractivity contribution is 6.30. The van der Waals surface area contributed by atoms with Gasteiger partial charge in [-0.15, -0.1) is 10.2 Å². The van der Waals surface area contributed by atoms with Gasteiger partial charge in [0.15, 0.2) is 0 Å². The van der Waals surface area contributed by atoms with E-state index in [0.29, 0.717) is 18.0 Å². The quantitative estimate of drug-likeness (QED) is 0.890. The molecule has 1 aromatic heterocycles. The minimum absolute atomic E-state index is 0.0134. The molecule has 1 atom stereocenters. The fourth-order valence-corrected chi connectivity index (χ4v) is 2.68. The molecule has 0 bridgehead atoms. The Morgan fingerprint density at radius 2 is 2.18 bits per heavy atom. The summed E-state index contributed by atoms with van der Waals surface area (Å²) in [5.41, 5.74) is 0.943. The molecule has 0 unspecified atom stereocenters. The number of rotatable bonds is 6. The van der Waals surface area contributed by atoms with Gasteiger partial charge in [0, 0.05) is 25.0 Å². The van der Waals surface area contributed by atoms with Crippen molar-refractivity contribution in [2.45, 2.75) is 26.2 Å². The Morgan fingerprint density at radius 1 is 1.41 bits per heavy atom. The second-order valence-electron chi connectivity index (χ2n) is 5.68. The summed E-state index contributed by atoms with van der Waals surface area (Å²) in [4.78, 5) is 12.5. The summed E-state index contributed by atoms with van der Waals surface area (Å²) in [6.45, 7) is 4.61. The molecule has 118 valence electrons. The van der Waals surface area contributed by atoms with Gasteiger partial charge in [0.2, 0.25) is 5.91 Å². The van der Waals surface area contributed by atoms with Crippen molar-refractivity contribution in [3.05, 3.63) is 47.0 Å². The molecule has 2 rings (SSSR count). The molecule has 1 aromatic carbocycles. The van der Waals surface area contributed by atoms with Gasteiger partial charge < -0.3 is 9.88 Å². The SMILES string of the molecule is CC(C)[C@@H](C(=O)NCCc1nncn1C)c1cccc(Cl)c1. The molecule has 22 heavy (non-hydrogen) atoms. The lowest BCUT2D eigenvalue weighted by Gasteiger charge is -2.21. The third kappa shape index (κ3) is 4.07. The van der Waals surface area contributed by atoms with Crippen LogP contribution in [0, 0.1) is 5.92 Å². The predicted octanol–water partition coefficient (Wildman–Crippen LogP) is 2.57. The lowest BCUT2D eigenvalue weighted by molar-refractivity contribution is -0.123. The molecular weight excluding hydrogens is 300 g/mol. The highest BCUT2D eigenvalue weighted by atomic mass is 35.5. The number of nitrogens with zero attached hydrogens (tertiary/aromatic N) is 3. The Bertz CT molecular complexity index is 639. The zero-order valence-corrected chi connectivity index (χ0v) is 13.8. The van der Waals surface area contributed by atoms with Crippen LogP contribution in [0.3, 0.4) is 0 Å². The number of hydrogen-bond acceptors (Lipinski definition) is 3. The van der Waals surface area contributed by atoms with Crippen LogP contribution in [0.2, 0.25) is 5.02 Å². The van der Waals surface area contributed by atoms with Gasteiger partial charge in [-0.25, -0.2) is 0 Å². The summed E-state index contributed by atoms with van der Waals surface area (Å²) in [6, 6.07) is 7.49. The van der Waals surface area contributed by atoms with Crippen molar-refractivity contribution >= 4 is 17.5 Å². The van der Waals surface area contributed by atoms with Crippen molar-refractivity contribution in [2.75, 3.05) is 6.54 Å². The molecule has 1 amide bonds. The Kier molecular flexibility index (Phi) is 5.55. The number of nitrogens with one attached hydrogen (secondary N) is 1. The van der Waals surface area contributed by atoms with Crippen LogP contribution in [0.1, 0.15) is 31.2 Å². The van der Waals surface area contributed by atoms with E-state index in [-0.39, 0.29) is 17.7 Å². The van der Waals surface area contributed by atoms with Crippen LogP contribution < -0.4 is 5.32 Å². The maximum absolute atomic E-state index is 12.5. The molecule has 0 saturated heterocycles. The maximum Gasteiger partial charge on any atom is 0.227 e. The fourth-order valence-electron chi connectivity index (χ4n) is 2.48. The zero-order chi connectivity index (χ0) is 16.1. The number of carbonyl (C=O) groups is 1. The zero-order valence-electron chi connectivity index (χ0n) is 13.1. The second-order valence-corrected chi connectivity index (χ2v) is 6.11. The van der Waals surface area contributed by atoms with Gasteiger partial charge in [-0.3, -0.25) is 4.79 Å². The molecule has 5 nitrogen and oxygen atoms in total. The summed E-state index contributed by atoms with van der Waals surface area (Å²) in [6.07, 6.45) is 2.31. The van der Waals surface area contributed by atoms with E-state index in [2.05, 4.69) is 15.5 Å². The number of carbonyl (C=O) groups excluding carboxylic acids is 1. The van der Waals surface area contributed by atoms with E-state index in [1.165, 1.54) is 0 Å². The predicted molar refractivity (Wildman–Crippen MR) is 86.7 cm³/mol. The number of benzene rings is 1. The molecule has 1 heterocycles. The number of aryl methyl sites for hydroxylation is 1. The van der Waals surface area contributed by atoms with E-state index in [4.69, 9.17) is 11.6 Å². The van der Waals surface area contributed by atoms with Crippen LogP contribution in [0.5, 0.6) is 0 Å². The number of aromatic nitrogens is 3. The molecule has 0 radical (unpaired) electrons. The average Bonchev–Trinajstić information content (AvgIpc) is 2.84. The molecule has 0 aliphatic rings. The van der Waals surface area contributed by atoms with Crippen molar-refractivity contribution < 1.29 is 4.79 Å². The Labute approximate surface area is 135 Å². The Hall–Kier alpha value is -1.88. The van der Waals surface area contributed by atoms with Gasteiger partial charge >= 0.3 is 0 Å². The Morgan fingerprint density at radius 3 is 2.77 bits per heavy atom. The largest absolute Gasteiger partial charge is 0.355 e. The summed E-state index contributed by atoms with van der Waals surface area (Å²) in [5, 5.41) is 11.5. The third-order valence-corrected chi connectivity index (χ3v) is 3.85. The lowest BCUT2D eigenvalue weighted by atomic mass is 9.87. The summed E-state index contributed by atoms with van der Waals surface area (Å²) < 4.78 is 1.85. The normalized spacial score (nSPS) is 12.4. The van der Waals surface area contributed by atoms with Crippen molar-refractivity contribution in [2.24, 2.45) is 13.0 Å². The monoisotopic (exact) mass is 320 g/mol. The lowest BCUT2D eigenvalue weighted by Crippen LogP contribution is -2.33. The first-order valence-corrected chi connectivity index (χ1v) is 7.73. The van der Waals surface area contributed by atoms with Crippen LogP contribution in [0.15, 0.2) is 30.6 Å². The maximum atomic E-state index is 12.5. The molecule has 0 saturated carbocycles. The van der Waals surface area contributed by atoms with Crippen LogP contribution in [-0.2, 0) is 18.3 Å². The van der Waals surface area contributed by atoms with Crippen LogP contribution >= 0.6 is 11.6 Å². The second kappa shape index (κ2) is 7.40. The molecule has 0 spiro atoms. The van der Waals surface area contributed by atoms with Crippen LogP contribution in [-0.4, -0.2) is 27.2 Å². The van der Waals surface area contributed by atoms with E-state index < -0.39 is 0 Å². The number of hydrogen-bond donors (Lipinski definition) is 1. The summed E-state index contributed by atoms with van der Waals surface area (Å²) >= 11 is 6.04. The van der Waals surface area contributed by atoms with Crippen LogP contribution in [0.4, 0.5) is 0 Å².